The summed E-state index contributed by atoms with van der Waals surface area (Å²) in [6.07, 6.45) is 1.84. The van der Waals surface area contributed by atoms with Gasteiger partial charge in [-0.1, -0.05) is 11.3 Å². The van der Waals surface area contributed by atoms with Crippen LogP contribution in [0.3, 0.4) is 0 Å². The highest BCUT2D eigenvalue weighted by Crippen LogP contribution is 2.32. The zero-order chi connectivity index (χ0) is 23.2. The van der Waals surface area contributed by atoms with Crippen LogP contribution in [0, 0.1) is 5.82 Å². The van der Waals surface area contributed by atoms with Gasteiger partial charge in [0, 0.05) is 42.2 Å². The van der Waals surface area contributed by atoms with Gasteiger partial charge in [0.05, 0.1) is 23.3 Å². The summed E-state index contributed by atoms with van der Waals surface area (Å²) in [7, 11) is 0. The lowest BCUT2D eigenvalue weighted by Crippen LogP contribution is -2.48. The van der Waals surface area contributed by atoms with Crippen LogP contribution >= 0.6 is 23.1 Å². The topological polar surface area (TPSA) is 82.8 Å². The van der Waals surface area contributed by atoms with Crippen molar-refractivity contribution in [3.8, 4) is 11.3 Å². The lowest BCUT2D eigenvalue weighted by molar-refractivity contribution is -0.113. The number of nitrogens with one attached hydrogen (secondary N) is 1. The smallest absolute Gasteiger partial charge is 0.254 e. The summed E-state index contributed by atoms with van der Waals surface area (Å²) in [4.78, 5) is 35.1. The quantitative estimate of drug-likeness (QED) is 0.469. The van der Waals surface area contributed by atoms with Crippen molar-refractivity contribution in [3.05, 3.63) is 60.0 Å². The molecule has 2 amide bonds. The van der Waals surface area contributed by atoms with E-state index in [4.69, 9.17) is 0 Å². The number of benzene rings is 2. The van der Waals surface area contributed by atoms with Gasteiger partial charge in [0.2, 0.25) is 16.0 Å². The molecular formula is C23H19FN6O2S2. The summed E-state index contributed by atoms with van der Waals surface area (Å²) in [5.74, 6) is 0.0396. The number of fused-ring (bicyclic) bond motifs is 2. The summed E-state index contributed by atoms with van der Waals surface area (Å²) < 4.78 is 14.9. The number of hydrogen-bond donors (Lipinski definition) is 1. The first-order valence-corrected chi connectivity index (χ1v) is 12.6. The second-order valence-electron chi connectivity index (χ2n) is 8.07. The predicted molar refractivity (Wildman–Crippen MR) is 130 cm³/mol. The van der Waals surface area contributed by atoms with Gasteiger partial charge in [-0.2, -0.15) is 0 Å². The minimum atomic E-state index is -0.278. The van der Waals surface area contributed by atoms with Crippen LogP contribution in [-0.4, -0.2) is 63.2 Å². The van der Waals surface area contributed by atoms with Crippen molar-refractivity contribution >= 4 is 50.7 Å². The minimum Gasteiger partial charge on any atom is -0.343 e. The van der Waals surface area contributed by atoms with E-state index in [9.17, 15) is 14.0 Å². The lowest BCUT2D eigenvalue weighted by Gasteiger charge is -2.34. The van der Waals surface area contributed by atoms with Crippen LogP contribution in [0.1, 0.15) is 10.4 Å². The van der Waals surface area contributed by atoms with Crippen molar-refractivity contribution in [3.63, 3.8) is 0 Å². The van der Waals surface area contributed by atoms with Gasteiger partial charge in [-0.3, -0.25) is 9.59 Å². The van der Waals surface area contributed by atoms with Gasteiger partial charge in [0.15, 0.2) is 0 Å². The third kappa shape index (κ3) is 3.90. The molecule has 0 radical (unpaired) electrons. The average Bonchev–Trinajstić information content (AvgIpc) is 3.43. The van der Waals surface area contributed by atoms with Crippen molar-refractivity contribution in [2.75, 3.05) is 42.1 Å². The van der Waals surface area contributed by atoms with E-state index in [1.54, 1.807) is 22.7 Å². The van der Waals surface area contributed by atoms with Gasteiger partial charge in [0.1, 0.15) is 5.82 Å². The number of thioether (sulfide) groups is 1. The van der Waals surface area contributed by atoms with Gasteiger partial charge >= 0.3 is 0 Å². The minimum absolute atomic E-state index is 0.0369. The number of imidazole rings is 1. The molecule has 0 spiro atoms. The van der Waals surface area contributed by atoms with Crippen molar-refractivity contribution in [1.82, 2.24) is 19.5 Å². The summed E-state index contributed by atoms with van der Waals surface area (Å²) in [5.41, 5.74) is 2.88. The Kier molecular flexibility index (Phi) is 5.22. The van der Waals surface area contributed by atoms with Crippen LogP contribution in [0.25, 0.3) is 16.2 Å². The molecule has 11 heteroatoms. The van der Waals surface area contributed by atoms with Crippen molar-refractivity contribution < 1.29 is 14.0 Å². The molecule has 0 unspecified atom stereocenters. The number of carbonyl (C=O) groups excluding carboxylic acids is 2. The van der Waals surface area contributed by atoms with Crippen LogP contribution < -0.4 is 10.2 Å². The Bertz CT molecular complexity index is 1380. The molecule has 0 atom stereocenters. The molecule has 2 aromatic heterocycles. The fourth-order valence-corrected chi connectivity index (χ4v) is 5.80. The summed E-state index contributed by atoms with van der Waals surface area (Å²) in [5, 5.41) is 8.36. The molecule has 6 rings (SSSR count). The van der Waals surface area contributed by atoms with E-state index in [1.807, 2.05) is 23.2 Å². The number of nitrogens with zero attached hydrogens (tertiary/aromatic N) is 5. The predicted octanol–water partition coefficient (Wildman–Crippen LogP) is 3.60. The molecule has 34 heavy (non-hydrogen) atoms. The Morgan fingerprint density at radius 3 is 2.62 bits per heavy atom. The zero-order valence-electron chi connectivity index (χ0n) is 17.9. The molecule has 2 aromatic carbocycles. The molecule has 8 nitrogen and oxygen atoms in total. The highest BCUT2D eigenvalue weighted by atomic mass is 32.2. The molecule has 1 saturated heterocycles. The lowest BCUT2D eigenvalue weighted by atomic mass is 10.1. The maximum absolute atomic E-state index is 13.2. The third-order valence-corrected chi connectivity index (χ3v) is 7.93. The van der Waals surface area contributed by atoms with Crippen LogP contribution in [-0.2, 0) is 4.79 Å². The monoisotopic (exact) mass is 494 g/mol. The second kappa shape index (κ2) is 8.41. The maximum atomic E-state index is 13.2. The fraction of sp³-hybridized carbons (Fsp3) is 0.217. The van der Waals surface area contributed by atoms with E-state index in [0.717, 1.165) is 26.2 Å². The van der Waals surface area contributed by atoms with Crippen molar-refractivity contribution in [2.45, 2.75) is 4.90 Å². The van der Waals surface area contributed by atoms with Crippen LogP contribution in [0.4, 0.5) is 15.2 Å². The van der Waals surface area contributed by atoms with Crippen LogP contribution in [0.15, 0.2) is 53.6 Å². The normalized spacial score (nSPS) is 16.0. The number of aromatic nitrogens is 3. The molecule has 2 aliphatic heterocycles. The molecule has 1 N–H and O–H groups in total. The van der Waals surface area contributed by atoms with Gasteiger partial charge in [-0.15, -0.1) is 16.9 Å². The number of piperazine rings is 1. The highest BCUT2D eigenvalue weighted by molar-refractivity contribution is 8.00. The van der Waals surface area contributed by atoms with E-state index in [0.29, 0.717) is 43.2 Å². The van der Waals surface area contributed by atoms with Crippen LogP contribution in [0.2, 0.25) is 0 Å². The molecule has 4 heterocycles. The Morgan fingerprint density at radius 1 is 1.06 bits per heavy atom. The standard InChI is InChI=1S/C23H19FN6O2S2/c24-16-4-1-14(2-5-16)18-12-30-22(26-18)34-23(27-30)29-9-7-28(8-10-29)21(32)15-3-6-19-17(11-15)25-20(31)13-33-19/h1-6,11-12H,7-10,13H2,(H,25,31). The number of anilines is 2. The van der Waals surface area contributed by atoms with Gasteiger partial charge in [-0.25, -0.2) is 13.9 Å². The number of rotatable bonds is 3. The Hall–Kier alpha value is -3.44. The van der Waals surface area contributed by atoms with Crippen molar-refractivity contribution in [2.24, 2.45) is 0 Å². The molecule has 2 aliphatic rings. The van der Waals surface area contributed by atoms with Gasteiger partial charge < -0.3 is 15.1 Å². The van der Waals surface area contributed by atoms with Crippen molar-refractivity contribution in [1.29, 1.82) is 0 Å². The first-order valence-electron chi connectivity index (χ1n) is 10.8. The molecule has 0 aliphatic carbocycles. The Labute approximate surface area is 202 Å². The maximum Gasteiger partial charge on any atom is 0.254 e. The summed E-state index contributed by atoms with van der Waals surface area (Å²) in [6.45, 7) is 2.51. The first-order chi connectivity index (χ1) is 16.5. The SMILES string of the molecule is O=C1CSc2ccc(C(=O)N3CCN(c4nn5cc(-c6ccc(F)cc6)nc5s4)CC3)cc2N1. The van der Waals surface area contributed by atoms with E-state index >= 15 is 0 Å². The summed E-state index contributed by atoms with van der Waals surface area (Å²) >= 11 is 2.97. The molecule has 1 fully saturated rings. The van der Waals surface area contributed by atoms with E-state index in [-0.39, 0.29) is 17.6 Å². The fourth-order valence-electron chi connectivity index (χ4n) is 4.08. The molecule has 0 bridgehead atoms. The molecule has 4 aromatic rings. The number of halogens is 1. The first kappa shape index (κ1) is 21.1. The second-order valence-corrected chi connectivity index (χ2v) is 10.0. The van der Waals surface area contributed by atoms with E-state index in [2.05, 4.69) is 20.3 Å². The van der Waals surface area contributed by atoms with E-state index < -0.39 is 0 Å². The summed E-state index contributed by atoms with van der Waals surface area (Å²) in [6, 6.07) is 11.7. The molecule has 0 saturated carbocycles. The average molecular weight is 495 g/mol. The largest absolute Gasteiger partial charge is 0.343 e. The highest BCUT2D eigenvalue weighted by Gasteiger charge is 2.26. The number of carbonyl (C=O) groups is 2. The number of amides is 2. The Balaban J connectivity index is 1.12. The zero-order valence-corrected chi connectivity index (χ0v) is 19.5. The number of hydrogen-bond acceptors (Lipinski definition) is 7. The van der Waals surface area contributed by atoms with Crippen LogP contribution in [0.5, 0.6) is 0 Å². The third-order valence-electron chi connectivity index (χ3n) is 5.87. The van der Waals surface area contributed by atoms with E-state index in [1.165, 1.54) is 35.2 Å². The van der Waals surface area contributed by atoms with Gasteiger partial charge in [0.25, 0.3) is 5.91 Å². The van der Waals surface area contributed by atoms with Gasteiger partial charge in [-0.05, 0) is 42.5 Å². The molecular weight excluding hydrogens is 475 g/mol. The Morgan fingerprint density at radius 2 is 1.85 bits per heavy atom. The molecule has 172 valence electrons.